The summed E-state index contributed by atoms with van der Waals surface area (Å²) in [6.07, 6.45) is 6.84. The van der Waals surface area contributed by atoms with Gasteiger partial charge < -0.3 is 11.1 Å². The third-order valence-corrected chi connectivity index (χ3v) is 4.75. The van der Waals surface area contributed by atoms with Gasteiger partial charge in [-0.3, -0.25) is 0 Å². The second-order valence-electron chi connectivity index (χ2n) is 4.61. The minimum atomic E-state index is 0.720. The van der Waals surface area contributed by atoms with Gasteiger partial charge in [0, 0.05) is 17.8 Å². The molecule has 2 aliphatic rings. The Balaban J connectivity index is 1.81. The Bertz CT molecular complexity index is 169. The molecule has 0 aromatic carbocycles. The lowest BCUT2D eigenvalue weighted by Gasteiger charge is -2.33. The van der Waals surface area contributed by atoms with Gasteiger partial charge in [-0.25, -0.2) is 0 Å². The molecule has 0 amide bonds. The van der Waals surface area contributed by atoms with Crippen molar-refractivity contribution in [1.29, 1.82) is 0 Å². The van der Waals surface area contributed by atoms with Crippen LogP contribution in [0.2, 0.25) is 0 Å². The van der Waals surface area contributed by atoms with Gasteiger partial charge in [0.2, 0.25) is 0 Å². The lowest BCUT2D eigenvalue weighted by molar-refractivity contribution is 0.252. The first-order valence-electron chi connectivity index (χ1n) is 5.94. The fourth-order valence-electron chi connectivity index (χ4n) is 2.68. The van der Waals surface area contributed by atoms with Crippen LogP contribution in [-0.2, 0) is 0 Å². The summed E-state index contributed by atoms with van der Waals surface area (Å²) in [6, 6.07) is 1.49. The van der Waals surface area contributed by atoms with Gasteiger partial charge in [0.25, 0.3) is 0 Å². The summed E-state index contributed by atoms with van der Waals surface area (Å²) in [5.74, 6) is 3.40. The van der Waals surface area contributed by atoms with Gasteiger partial charge in [-0.1, -0.05) is 12.8 Å². The Kier molecular flexibility index (Phi) is 4.14. The average Bonchev–Trinajstić information content (AvgIpc) is 2.71. The van der Waals surface area contributed by atoms with E-state index in [1.54, 1.807) is 0 Å². The quantitative estimate of drug-likeness (QED) is 0.749. The van der Waals surface area contributed by atoms with Crippen LogP contribution in [0.25, 0.3) is 0 Å². The lowest BCUT2D eigenvalue weighted by Crippen LogP contribution is -2.46. The molecule has 14 heavy (non-hydrogen) atoms. The minimum absolute atomic E-state index is 0.720. The van der Waals surface area contributed by atoms with Crippen LogP contribution in [-0.4, -0.2) is 30.1 Å². The molecule has 3 N–H and O–H groups in total. The van der Waals surface area contributed by atoms with Crippen molar-refractivity contribution in [2.45, 2.75) is 44.2 Å². The summed E-state index contributed by atoms with van der Waals surface area (Å²) in [7, 11) is 0. The minimum Gasteiger partial charge on any atom is -0.330 e. The van der Waals surface area contributed by atoms with Crippen LogP contribution in [0, 0.1) is 5.92 Å². The molecule has 82 valence electrons. The van der Waals surface area contributed by atoms with E-state index >= 15 is 0 Å². The van der Waals surface area contributed by atoms with Gasteiger partial charge in [0.15, 0.2) is 0 Å². The van der Waals surface area contributed by atoms with Crippen LogP contribution in [0.4, 0.5) is 0 Å². The van der Waals surface area contributed by atoms with E-state index < -0.39 is 0 Å². The summed E-state index contributed by atoms with van der Waals surface area (Å²) in [5.41, 5.74) is 5.82. The van der Waals surface area contributed by atoms with E-state index in [0.717, 1.165) is 24.5 Å². The molecular formula is C11H22N2S. The molecule has 1 aliphatic carbocycles. The van der Waals surface area contributed by atoms with Gasteiger partial charge in [0.05, 0.1) is 0 Å². The van der Waals surface area contributed by atoms with E-state index in [1.165, 1.54) is 43.6 Å². The van der Waals surface area contributed by atoms with Crippen molar-refractivity contribution in [3.05, 3.63) is 0 Å². The van der Waals surface area contributed by atoms with Crippen LogP contribution < -0.4 is 11.1 Å². The predicted molar refractivity (Wildman–Crippen MR) is 63.7 cm³/mol. The van der Waals surface area contributed by atoms with Gasteiger partial charge in [-0.05, 0) is 37.5 Å². The Hall–Kier alpha value is 0.270. The summed E-state index contributed by atoms with van der Waals surface area (Å²) < 4.78 is 0. The maximum absolute atomic E-state index is 5.82. The molecule has 0 aromatic heterocycles. The number of hydrogen-bond acceptors (Lipinski definition) is 3. The van der Waals surface area contributed by atoms with Crippen molar-refractivity contribution in [2.75, 3.05) is 18.1 Å². The second-order valence-corrected chi connectivity index (χ2v) is 5.76. The Morgan fingerprint density at radius 3 is 2.79 bits per heavy atom. The third-order valence-electron chi connectivity index (χ3n) is 3.59. The molecule has 0 radical (unpaired) electrons. The molecular weight excluding hydrogens is 192 g/mol. The first-order chi connectivity index (χ1) is 6.90. The predicted octanol–water partition coefficient (Wildman–Crippen LogP) is 1.60. The highest BCUT2D eigenvalue weighted by atomic mass is 32.2. The number of thioether (sulfide) groups is 1. The molecule has 2 nitrogen and oxygen atoms in total. The zero-order chi connectivity index (χ0) is 9.80. The summed E-state index contributed by atoms with van der Waals surface area (Å²) >= 11 is 2.09. The first-order valence-corrected chi connectivity index (χ1v) is 7.09. The molecule has 1 heterocycles. The topological polar surface area (TPSA) is 38.0 Å². The molecule has 1 saturated carbocycles. The smallest absolute Gasteiger partial charge is 0.0168 e. The Labute approximate surface area is 91.4 Å². The summed E-state index contributed by atoms with van der Waals surface area (Å²) in [6.45, 7) is 0.873. The van der Waals surface area contributed by atoms with Crippen LogP contribution >= 0.6 is 11.8 Å². The third kappa shape index (κ3) is 2.65. The number of rotatable bonds is 3. The number of hydrogen-bond donors (Lipinski definition) is 2. The van der Waals surface area contributed by atoms with Crippen molar-refractivity contribution < 1.29 is 0 Å². The highest BCUT2D eigenvalue weighted by Gasteiger charge is 2.27. The van der Waals surface area contributed by atoms with Crippen LogP contribution in [0.15, 0.2) is 0 Å². The molecule has 2 fully saturated rings. The van der Waals surface area contributed by atoms with Gasteiger partial charge in [0.1, 0.15) is 0 Å². The standard InChI is InChI=1S/C11H22N2S/c12-7-9-3-1-2-4-11(9)13-10-5-6-14-8-10/h9-11,13H,1-8,12H2. The van der Waals surface area contributed by atoms with Crippen LogP contribution in [0.3, 0.4) is 0 Å². The molecule has 3 heteroatoms. The van der Waals surface area contributed by atoms with E-state index in [-0.39, 0.29) is 0 Å². The van der Waals surface area contributed by atoms with E-state index in [9.17, 15) is 0 Å². The fraction of sp³-hybridized carbons (Fsp3) is 1.00. The number of nitrogens with two attached hydrogens (primary N) is 1. The van der Waals surface area contributed by atoms with Gasteiger partial charge in [-0.15, -0.1) is 0 Å². The highest BCUT2D eigenvalue weighted by Crippen LogP contribution is 2.26. The zero-order valence-corrected chi connectivity index (χ0v) is 9.69. The normalized spacial score (nSPS) is 38.8. The molecule has 1 aliphatic heterocycles. The maximum Gasteiger partial charge on any atom is 0.0168 e. The van der Waals surface area contributed by atoms with Crippen molar-refractivity contribution in [3.63, 3.8) is 0 Å². The lowest BCUT2D eigenvalue weighted by atomic mass is 9.84. The van der Waals surface area contributed by atoms with E-state index in [0.29, 0.717) is 0 Å². The molecule has 3 atom stereocenters. The van der Waals surface area contributed by atoms with E-state index in [1.807, 2.05) is 0 Å². The van der Waals surface area contributed by atoms with E-state index in [2.05, 4.69) is 17.1 Å². The zero-order valence-electron chi connectivity index (χ0n) is 8.87. The van der Waals surface area contributed by atoms with Crippen LogP contribution in [0.1, 0.15) is 32.1 Å². The van der Waals surface area contributed by atoms with Crippen molar-refractivity contribution in [3.8, 4) is 0 Å². The monoisotopic (exact) mass is 214 g/mol. The Morgan fingerprint density at radius 2 is 2.07 bits per heavy atom. The summed E-state index contributed by atoms with van der Waals surface area (Å²) in [4.78, 5) is 0. The van der Waals surface area contributed by atoms with Gasteiger partial charge >= 0.3 is 0 Å². The largest absolute Gasteiger partial charge is 0.330 e. The molecule has 3 unspecified atom stereocenters. The van der Waals surface area contributed by atoms with Gasteiger partial charge in [-0.2, -0.15) is 11.8 Å². The summed E-state index contributed by atoms with van der Waals surface area (Å²) in [5, 5.41) is 3.82. The number of nitrogens with one attached hydrogen (secondary N) is 1. The fourth-order valence-corrected chi connectivity index (χ4v) is 3.84. The average molecular weight is 214 g/mol. The van der Waals surface area contributed by atoms with Crippen molar-refractivity contribution >= 4 is 11.8 Å². The molecule has 0 bridgehead atoms. The first kappa shape index (κ1) is 10.8. The van der Waals surface area contributed by atoms with Crippen molar-refractivity contribution in [2.24, 2.45) is 11.7 Å². The van der Waals surface area contributed by atoms with Crippen LogP contribution in [0.5, 0.6) is 0 Å². The molecule has 0 spiro atoms. The second kappa shape index (κ2) is 5.38. The maximum atomic E-state index is 5.82. The molecule has 1 saturated heterocycles. The van der Waals surface area contributed by atoms with Crippen molar-refractivity contribution in [1.82, 2.24) is 5.32 Å². The SMILES string of the molecule is NCC1CCCCC1NC1CCSC1. The molecule has 0 aromatic rings. The molecule has 2 rings (SSSR count). The highest BCUT2D eigenvalue weighted by molar-refractivity contribution is 7.99. The Morgan fingerprint density at radius 1 is 1.21 bits per heavy atom. The van der Waals surface area contributed by atoms with E-state index in [4.69, 9.17) is 5.73 Å².